The minimum absolute atomic E-state index is 0.0925. The highest BCUT2D eigenvalue weighted by Gasteiger charge is 2.09. The summed E-state index contributed by atoms with van der Waals surface area (Å²) in [4.78, 5) is 18.3. The number of nitrogens with one attached hydrogen (secondary N) is 1. The zero-order chi connectivity index (χ0) is 11.7. The van der Waals surface area contributed by atoms with Gasteiger partial charge in [-0.25, -0.2) is 4.98 Å². The van der Waals surface area contributed by atoms with Gasteiger partial charge < -0.3 is 4.98 Å². The molecule has 0 bridgehead atoms. The lowest BCUT2D eigenvalue weighted by Crippen LogP contribution is -2.10. The van der Waals surface area contributed by atoms with E-state index in [1.165, 1.54) is 11.9 Å². The van der Waals surface area contributed by atoms with Gasteiger partial charge >= 0.3 is 0 Å². The number of hydrogen-bond donors (Lipinski definition) is 1. The number of nitrogens with zero attached hydrogens (tertiary/aromatic N) is 1. The largest absolute Gasteiger partial charge is 0.313 e. The van der Waals surface area contributed by atoms with Gasteiger partial charge in [-0.1, -0.05) is 17.7 Å². The Balaban J connectivity index is 2.75. The Kier molecular flexibility index (Phi) is 2.60. The zero-order valence-electron chi connectivity index (χ0n) is 9.66. The predicted octanol–water partition coefficient (Wildman–Crippen LogP) is 2.36. The van der Waals surface area contributed by atoms with Crippen LogP contribution in [0.5, 0.6) is 0 Å². The maximum atomic E-state index is 11.7. The molecule has 2 rings (SSSR count). The van der Waals surface area contributed by atoms with Crippen molar-refractivity contribution in [2.24, 2.45) is 0 Å². The van der Waals surface area contributed by atoms with Crippen molar-refractivity contribution in [3.63, 3.8) is 0 Å². The van der Waals surface area contributed by atoms with Gasteiger partial charge in [0.15, 0.2) is 0 Å². The van der Waals surface area contributed by atoms with Gasteiger partial charge in [-0.05, 0) is 37.5 Å². The first-order valence-corrected chi connectivity index (χ1v) is 5.20. The highest BCUT2D eigenvalue weighted by Crippen LogP contribution is 2.24. The predicted molar refractivity (Wildman–Crippen MR) is 64.5 cm³/mol. The molecule has 0 aliphatic heterocycles. The van der Waals surface area contributed by atoms with Gasteiger partial charge in [-0.3, -0.25) is 4.79 Å². The number of aromatic amines is 1. The molecule has 0 aliphatic rings. The van der Waals surface area contributed by atoms with Crippen molar-refractivity contribution in [3.05, 3.63) is 51.7 Å². The molecule has 0 fully saturated rings. The molecular formula is C13H14N2O. The molecule has 3 nitrogen and oxygen atoms in total. The van der Waals surface area contributed by atoms with E-state index in [9.17, 15) is 4.79 Å². The van der Waals surface area contributed by atoms with Crippen LogP contribution in [-0.4, -0.2) is 9.97 Å². The average Bonchev–Trinajstić information content (AvgIpc) is 2.19. The lowest BCUT2D eigenvalue weighted by Gasteiger charge is -2.10. The number of rotatable bonds is 1. The van der Waals surface area contributed by atoms with Crippen molar-refractivity contribution in [2.45, 2.75) is 20.8 Å². The van der Waals surface area contributed by atoms with E-state index >= 15 is 0 Å². The minimum atomic E-state index is -0.0925. The van der Waals surface area contributed by atoms with Gasteiger partial charge in [0.25, 0.3) is 5.56 Å². The Bertz CT molecular complexity index is 561. The Labute approximate surface area is 94.2 Å². The second-order valence-electron chi connectivity index (χ2n) is 4.07. The quantitative estimate of drug-likeness (QED) is 0.792. The SMILES string of the molecule is Cc1cc(C)c(-c2cnc[nH]c2=O)c(C)c1. The molecule has 1 aromatic carbocycles. The molecular weight excluding hydrogens is 200 g/mol. The van der Waals surface area contributed by atoms with Crippen LogP contribution in [0.25, 0.3) is 11.1 Å². The van der Waals surface area contributed by atoms with E-state index in [0.717, 1.165) is 16.7 Å². The van der Waals surface area contributed by atoms with E-state index in [-0.39, 0.29) is 5.56 Å². The number of aryl methyl sites for hydroxylation is 3. The molecule has 0 unspecified atom stereocenters. The Hall–Kier alpha value is -1.90. The normalized spacial score (nSPS) is 10.4. The van der Waals surface area contributed by atoms with E-state index in [4.69, 9.17) is 0 Å². The van der Waals surface area contributed by atoms with Crippen LogP contribution in [0.4, 0.5) is 0 Å². The second kappa shape index (κ2) is 3.93. The van der Waals surface area contributed by atoms with Crippen molar-refractivity contribution >= 4 is 0 Å². The van der Waals surface area contributed by atoms with Crippen molar-refractivity contribution in [2.75, 3.05) is 0 Å². The van der Waals surface area contributed by atoms with Crippen LogP contribution in [-0.2, 0) is 0 Å². The summed E-state index contributed by atoms with van der Waals surface area (Å²) in [7, 11) is 0. The van der Waals surface area contributed by atoms with Crippen LogP contribution in [0.3, 0.4) is 0 Å². The van der Waals surface area contributed by atoms with E-state index < -0.39 is 0 Å². The summed E-state index contributed by atoms with van der Waals surface area (Å²) in [5, 5.41) is 0. The molecule has 0 saturated heterocycles. The second-order valence-corrected chi connectivity index (χ2v) is 4.07. The van der Waals surface area contributed by atoms with Gasteiger partial charge in [-0.2, -0.15) is 0 Å². The van der Waals surface area contributed by atoms with Crippen LogP contribution in [0.1, 0.15) is 16.7 Å². The minimum Gasteiger partial charge on any atom is -0.313 e. The number of hydrogen-bond acceptors (Lipinski definition) is 2. The fourth-order valence-corrected chi connectivity index (χ4v) is 2.13. The zero-order valence-corrected chi connectivity index (χ0v) is 9.66. The molecule has 2 aromatic rings. The van der Waals surface area contributed by atoms with E-state index in [1.807, 2.05) is 13.8 Å². The monoisotopic (exact) mass is 214 g/mol. The third-order valence-electron chi connectivity index (χ3n) is 2.66. The molecule has 82 valence electrons. The lowest BCUT2D eigenvalue weighted by molar-refractivity contribution is 1.12. The molecule has 1 aromatic heterocycles. The van der Waals surface area contributed by atoms with Crippen LogP contribution < -0.4 is 5.56 Å². The number of aromatic nitrogens is 2. The first-order valence-electron chi connectivity index (χ1n) is 5.20. The molecule has 0 spiro atoms. The summed E-state index contributed by atoms with van der Waals surface area (Å²) in [5.41, 5.74) is 4.95. The van der Waals surface area contributed by atoms with Gasteiger partial charge in [0.1, 0.15) is 0 Å². The Morgan fingerprint density at radius 3 is 2.31 bits per heavy atom. The van der Waals surface area contributed by atoms with Gasteiger partial charge in [0.05, 0.1) is 11.9 Å². The fraction of sp³-hybridized carbons (Fsp3) is 0.231. The van der Waals surface area contributed by atoms with Crippen LogP contribution in [0, 0.1) is 20.8 Å². The van der Waals surface area contributed by atoms with Crippen LogP contribution >= 0.6 is 0 Å². The highest BCUT2D eigenvalue weighted by atomic mass is 16.1. The van der Waals surface area contributed by atoms with Crippen molar-refractivity contribution in [1.82, 2.24) is 9.97 Å². The van der Waals surface area contributed by atoms with Crippen LogP contribution in [0.15, 0.2) is 29.5 Å². The smallest absolute Gasteiger partial charge is 0.258 e. The molecule has 0 saturated carbocycles. The summed E-state index contributed by atoms with van der Waals surface area (Å²) in [6.07, 6.45) is 3.02. The van der Waals surface area contributed by atoms with E-state index in [2.05, 4.69) is 29.0 Å². The van der Waals surface area contributed by atoms with Crippen LogP contribution in [0.2, 0.25) is 0 Å². The molecule has 0 amide bonds. The number of H-pyrrole nitrogens is 1. The van der Waals surface area contributed by atoms with Crippen molar-refractivity contribution in [1.29, 1.82) is 0 Å². The topological polar surface area (TPSA) is 45.8 Å². The molecule has 3 heteroatoms. The maximum Gasteiger partial charge on any atom is 0.258 e. The molecule has 16 heavy (non-hydrogen) atoms. The Morgan fingerprint density at radius 1 is 1.12 bits per heavy atom. The highest BCUT2D eigenvalue weighted by molar-refractivity contribution is 5.69. The maximum absolute atomic E-state index is 11.7. The Morgan fingerprint density at radius 2 is 1.75 bits per heavy atom. The first kappa shape index (κ1) is 10.6. The fourth-order valence-electron chi connectivity index (χ4n) is 2.13. The van der Waals surface area contributed by atoms with Gasteiger partial charge in [-0.15, -0.1) is 0 Å². The number of benzene rings is 1. The third-order valence-corrected chi connectivity index (χ3v) is 2.66. The summed E-state index contributed by atoms with van der Waals surface area (Å²) in [6.45, 7) is 6.08. The standard InChI is InChI=1S/C13H14N2O/c1-8-4-9(2)12(10(3)5-8)11-6-14-7-15-13(11)16/h4-7H,1-3H3,(H,14,15,16). The average molecular weight is 214 g/mol. The molecule has 0 radical (unpaired) electrons. The summed E-state index contributed by atoms with van der Waals surface area (Å²) in [5.74, 6) is 0. The van der Waals surface area contributed by atoms with Gasteiger partial charge in [0.2, 0.25) is 0 Å². The van der Waals surface area contributed by atoms with Gasteiger partial charge in [0, 0.05) is 6.20 Å². The third kappa shape index (κ3) is 1.76. The lowest BCUT2D eigenvalue weighted by atomic mass is 9.95. The molecule has 1 N–H and O–H groups in total. The molecule has 0 atom stereocenters. The van der Waals surface area contributed by atoms with Crippen molar-refractivity contribution in [3.8, 4) is 11.1 Å². The molecule has 1 heterocycles. The van der Waals surface area contributed by atoms with Crippen molar-refractivity contribution < 1.29 is 0 Å². The van der Waals surface area contributed by atoms with E-state index in [1.54, 1.807) is 6.20 Å². The summed E-state index contributed by atoms with van der Waals surface area (Å²) in [6, 6.07) is 4.16. The first-order chi connectivity index (χ1) is 7.59. The summed E-state index contributed by atoms with van der Waals surface area (Å²) >= 11 is 0. The van der Waals surface area contributed by atoms with E-state index in [0.29, 0.717) is 5.56 Å². The summed E-state index contributed by atoms with van der Waals surface area (Å²) < 4.78 is 0. The molecule has 0 aliphatic carbocycles.